The lowest BCUT2D eigenvalue weighted by atomic mass is 9.78. The second-order valence-electron chi connectivity index (χ2n) is 18.0. The smallest absolute Gasteiger partial charge is 0.309 e. The summed E-state index contributed by atoms with van der Waals surface area (Å²) in [6, 6.07) is 11.3. The summed E-state index contributed by atoms with van der Waals surface area (Å²) >= 11 is 0. The summed E-state index contributed by atoms with van der Waals surface area (Å²) < 4.78 is 17.8. The van der Waals surface area contributed by atoms with Crippen LogP contribution in [-0.4, -0.2) is 127 Å². The van der Waals surface area contributed by atoms with Crippen LogP contribution in [0.25, 0.3) is 0 Å². The Balaban J connectivity index is 1.32. The van der Waals surface area contributed by atoms with Crippen LogP contribution in [-0.2, 0) is 54.3 Å². The van der Waals surface area contributed by atoms with Gasteiger partial charge in [-0.25, -0.2) is 0 Å². The van der Waals surface area contributed by atoms with Gasteiger partial charge in [0.1, 0.15) is 29.5 Å². The minimum Gasteiger partial charge on any atom is -0.493 e. The lowest BCUT2D eigenvalue weighted by Gasteiger charge is -2.36. The van der Waals surface area contributed by atoms with Crippen molar-refractivity contribution in [2.45, 2.75) is 121 Å². The predicted molar refractivity (Wildman–Crippen MR) is 234 cm³/mol. The number of amides is 6. The summed E-state index contributed by atoms with van der Waals surface area (Å²) in [5.74, 6) is -5.23. The number of nitrogens with one attached hydrogen (secondary N) is 4. The number of rotatable bonds is 13. The average molecular weight is 889 g/mol. The molecule has 6 amide bonds. The van der Waals surface area contributed by atoms with Gasteiger partial charge in [0.25, 0.3) is 5.91 Å². The number of ether oxygens (including phenoxy) is 3. The van der Waals surface area contributed by atoms with Gasteiger partial charge in [0.2, 0.25) is 35.3 Å². The summed E-state index contributed by atoms with van der Waals surface area (Å²) in [5, 5.41) is 10.6. The van der Waals surface area contributed by atoms with Gasteiger partial charge < -0.3 is 45.3 Å². The van der Waals surface area contributed by atoms with E-state index in [-0.39, 0.29) is 50.2 Å². The van der Waals surface area contributed by atoms with Crippen LogP contribution in [0.3, 0.4) is 0 Å². The molecule has 64 heavy (non-hydrogen) atoms. The quantitative estimate of drug-likeness (QED) is 0.169. The molecule has 4 bridgehead atoms. The molecule has 1 saturated heterocycles. The summed E-state index contributed by atoms with van der Waals surface area (Å²) in [6.07, 6.45) is 2.24. The number of hydrogen-bond acceptors (Lipinski definition) is 11. The van der Waals surface area contributed by atoms with E-state index in [0.717, 1.165) is 0 Å². The molecule has 4 N–H and O–H groups in total. The van der Waals surface area contributed by atoms with Crippen molar-refractivity contribution in [1.29, 1.82) is 0 Å². The highest BCUT2D eigenvalue weighted by molar-refractivity contribution is 6.38. The standard InChI is InChI=1S/C47H64N6O11/c1-7-13-35(41(56)43(58)48-27-38(55)51-39(44(59)52(5)6)30-15-9-8-10-16-30)49-42(57)36-26-34-28-53(36)45(60)40(31-18-20-32(21-19-31)46(61)64-47(2,3)4)50-37(54)25-29-14-11-17-33(24-29)62-22-12-23-63-34/h8-11,14-17,24,31-32,34-36,39-40H,7,12-13,18-23,25-28H2,1-6H3,(H,48,58)(H,49,57)(H,50,54)(H,51,55)/t31?,32?,34-,35?,36?,39+,40+/m1/s1. The third-order valence-corrected chi connectivity index (χ3v) is 11.6. The molecule has 1 saturated carbocycles. The number of ketones is 1. The molecule has 2 heterocycles. The Labute approximate surface area is 375 Å². The molecule has 0 spiro atoms. The first-order chi connectivity index (χ1) is 30.4. The van der Waals surface area contributed by atoms with Crippen molar-refractivity contribution in [3.8, 4) is 5.75 Å². The van der Waals surface area contributed by atoms with Crippen molar-refractivity contribution >= 4 is 47.2 Å². The molecule has 17 heteroatoms. The van der Waals surface area contributed by atoms with Crippen LogP contribution in [0.4, 0.5) is 0 Å². The molecule has 17 nitrogen and oxygen atoms in total. The largest absolute Gasteiger partial charge is 0.493 e. The van der Waals surface area contributed by atoms with Gasteiger partial charge in [-0.1, -0.05) is 55.8 Å². The Hall–Kier alpha value is -5.84. The third-order valence-electron chi connectivity index (χ3n) is 11.6. The van der Waals surface area contributed by atoms with Crippen molar-refractivity contribution in [1.82, 2.24) is 31.1 Å². The highest BCUT2D eigenvalue weighted by Gasteiger charge is 2.46. The normalized spacial score (nSPS) is 22.7. The SMILES string of the molecule is CCCC(NC(=O)C1C[C@@H]2CN1C(=O)[C@H](C1CCC(C(=O)OC(C)(C)C)CC1)NC(=O)Cc1cccc(c1)OCCCO2)C(=O)C(=O)NCC(=O)N[C@H](C(=O)N(C)C)c1ccccc1. The first-order valence-electron chi connectivity index (χ1n) is 22.3. The zero-order valence-corrected chi connectivity index (χ0v) is 37.8. The first-order valence-corrected chi connectivity index (χ1v) is 22.3. The fourth-order valence-electron chi connectivity index (χ4n) is 8.33. The third kappa shape index (κ3) is 13.8. The summed E-state index contributed by atoms with van der Waals surface area (Å²) in [5.41, 5.74) is 0.557. The van der Waals surface area contributed by atoms with E-state index >= 15 is 0 Å². The number of fused-ring (bicyclic) bond motifs is 4. The zero-order chi connectivity index (χ0) is 46.6. The number of nitrogens with zero attached hydrogens (tertiary/aromatic N) is 2. The Morgan fingerprint density at radius 2 is 1.66 bits per heavy atom. The van der Waals surface area contributed by atoms with Crippen LogP contribution in [0.15, 0.2) is 54.6 Å². The minimum absolute atomic E-state index is 0.0265. The van der Waals surface area contributed by atoms with Gasteiger partial charge in [-0.3, -0.25) is 38.4 Å². The number of esters is 1. The van der Waals surface area contributed by atoms with E-state index in [1.807, 2.05) is 0 Å². The molecular formula is C47H64N6O11. The molecule has 1 aliphatic carbocycles. The molecule has 5 rings (SSSR count). The molecule has 0 radical (unpaired) electrons. The Kier molecular flexibility index (Phi) is 17.4. The lowest BCUT2D eigenvalue weighted by molar-refractivity contribution is -0.161. The Bertz CT molecular complexity index is 2000. The molecule has 2 aliphatic heterocycles. The van der Waals surface area contributed by atoms with Crippen LogP contribution < -0.4 is 26.0 Å². The van der Waals surface area contributed by atoms with Gasteiger partial charge in [0, 0.05) is 33.5 Å². The number of likely N-dealkylation sites (N-methyl/N-ethyl adjacent to an activating group) is 1. The van der Waals surface area contributed by atoms with E-state index in [9.17, 15) is 38.4 Å². The van der Waals surface area contributed by atoms with E-state index in [1.165, 1.54) is 9.80 Å². The molecule has 5 atom stereocenters. The van der Waals surface area contributed by atoms with Crippen LogP contribution in [0.2, 0.25) is 0 Å². The maximum absolute atomic E-state index is 14.9. The van der Waals surface area contributed by atoms with Gasteiger partial charge in [-0.2, -0.15) is 0 Å². The van der Waals surface area contributed by atoms with E-state index in [2.05, 4.69) is 21.3 Å². The number of benzene rings is 2. The molecule has 348 valence electrons. The van der Waals surface area contributed by atoms with Crippen molar-refractivity contribution in [3.05, 3.63) is 65.7 Å². The van der Waals surface area contributed by atoms with Crippen molar-refractivity contribution in [3.63, 3.8) is 0 Å². The van der Waals surface area contributed by atoms with Gasteiger partial charge in [0.05, 0.1) is 44.2 Å². The Morgan fingerprint density at radius 1 is 0.938 bits per heavy atom. The average Bonchev–Trinajstić information content (AvgIpc) is 3.69. The lowest BCUT2D eigenvalue weighted by Crippen LogP contribution is -2.58. The van der Waals surface area contributed by atoms with Gasteiger partial charge in [-0.15, -0.1) is 0 Å². The maximum atomic E-state index is 14.9. The van der Waals surface area contributed by atoms with E-state index < -0.39 is 83.6 Å². The first kappa shape index (κ1) is 49.2. The van der Waals surface area contributed by atoms with Crippen LogP contribution in [0.1, 0.15) is 96.2 Å². The summed E-state index contributed by atoms with van der Waals surface area (Å²) in [7, 11) is 3.10. The monoisotopic (exact) mass is 888 g/mol. The van der Waals surface area contributed by atoms with Crippen LogP contribution in [0, 0.1) is 11.8 Å². The maximum Gasteiger partial charge on any atom is 0.309 e. The second kappa shape index (κ2) is 22.7. The molecule has 2 aromatic rings. The van der Waals surface area contributed by atoms with E-state index in [4.69, 9.17) is 14.2 Å². The highest BCUT2D eigenvalue weighted by Crippen LogP contribution is 2.34. The van der Waals surface area contributed by atoms with Crippen molar-refractivity contribution < 1.29 is 52.6 Å². The zero-order valence-electron chi connectivity index (χ0n) is 37.8. The minimum atomic E-state index is -1.29. The second-order valence-corrected chi connectivity index (χ2v) is 18.0. The number of hydrogen-bond donors (Lipinski definition) is 4. The van der Waals surface area contributed by atoms with Crippen LogP contribution in [0.5, 0.6) is 5.75 Å². The predicted octanol–water partition coefficient (Wildman–Crippen LogP) is 2.55. The fourth-order valence-corrected chi connectivity index (χ4v) is 8.33. The van der Waals surface area contributed by atoms with Gasteiger partial charge >= 0.3 is 5.97 Å². The molecule has 2 unspecified atom stereocenters. The number of carbonyl (C=O) groups is 8. The highest BCUT2D eigenvalue weighted by atomic mass is 16.6. The molecule has 3 aliphatic rings. The molecule has 2 aromatic carbocycles. The molecule has 2 fully saturated rings. The Morgan fingerprint density at radius 3 is 2.33 bits per heavy atom. The van der Waals surface area contributed by atoms with Crippen LogP contribution >= 0.6 is 0 Å². The molecule has 0 aromatic heterocycles. The topological polar surface area (TPSA) is 219 Å². The summed E-state index contributed by atoms with van der Waals surface area (Å²) in [4.78, 5) is 111. The van der Waals surface area contributed by atoms with Crippen molar-refractivity contribution in [2.24, 2.45) is 11.8 Å². The number of Topliss-reactive ketones (excluding diaryl/α,β-unsaturated/α-hetero) is 1. The number of carbonyl (C=O) groups excluding carboxylic acids is 8. The molecular weight excluding hydrogens is 825 g/mol. The van der Waals surface area contributed by atoms with E-state index in [0.29, 0.717) is 62.0 Å². The van der Waals surface area contributed by atoms with Gasteiger partial charge in [-0.05, 0) is 82.1 Å². The summed E-state index contributed by atoms with van der Waals surface area (Å²) in [6.45, 7) is 7.21. The van der Waals surface area contributed by atoms with Gasteiger partial charge in [0.15, 0.2) is 0 Å². The van der Waals surface area contributed by atoms with Crippen molar-refractivity contribution in [2.75, 3.05) is 40.4 Å². The fraction of sp³-hybridized carbons (Fsp3) is 0.574. The van der Waals surface area contributed by atoms with E-state index in [1.54, 1.807) is 96.4 Å².